The molecule has 0 aliphatic heterocycles. The van der Waals surface area contributed by atoms with Gasteiger partial charge in [0.25, 0.3) is 0 Å². The predicted molar refractivity (Wildman–Crippen MR) is 110 cm³/mol. The molecule has 5 heteroatoms. The minimum atomic E-state index is -0.189. The highest BCUT2D eigenvalue weighted by molar-refractivity contribution is 6.31. The average Bonchev–Trinajstić information content (AvgIpc) is 2.69. The van der Waals surface area contributed by atoms with Crippen LogP contribution in [0.4, 0.5) is 5.69 Å². The molecule has 0 aliphatic rings. The van der Waals surface area contributed by atoms with Gasteiger partial charge in [-0.2, -0.15) is 0 Å². The molecule has 0 bridgehead atoms. The number of benzene rings is 3. The number of amides is 1. The average molecular weight is 398 g/mol. The second-order valence-corrected chi connectivity index (χ2v) is 6.93. The molecule has 0 saturated carbocycles. The first-order valence-electron chi connectivity index (χ1n) is 8.46. The van der Waals surface area contributed by atoms with Gasteiger partial charge < -0.3 is 5.32 Å². The first-order chi connectivity index (χ1) is 13.0. The van der Waals surface area contributed by atoms with E-state index in [9.17, 15) is 9.59 Å². The van der Waals surface area contributed by atoms with Crippen molar-refractivity contribution in [2.45, 2.75) is 12.8 Å². The van der Waals surface area contributed by atoms with Gasteiger partial charge in [-0.15, -0.1) is 0 Å². The summed E-state index contributed by atoms with van der Waals surface area (Å²) in [4.78, 5) is 25.2. The summed E-state index contributed by atoms with van der Waals surface area (Å²) in [5, 5.41) is 3.92. The van der Waals surface area contributed by atoms with Crippen LogP contribution in [-0.4, -0.2) is 11.7 Å². The molecule has 0 atom stereocenters. The molecule has 3 nitrogen and oxygen atoms in total. The quantitative estimate of drug-likeness (QED) is 0.534. The SMILES string of the molecule is O=C(CCc1ccc(Cl)cc1)Nc1ccc(Cl)cc1C(=O)c1ccccc1. The zero-order valence-corrected chi connectivity index (χ0v) is 15.9. The van der Waals surface area contributed by atoms with E-state index in [1.165, 1.54) is 0 Å². The van der Waals surface area contributed by atoms with Gasteiger partial charge in [0.05, 0.1) is 5.69 Å². The van der Waals surface area contributed by atoms with E-state index in [1.54, 1.807) is 54.6 Å². The highest BCUT2D eigenvalue weighted by atomic mass is 35.5. The Kier molecular flexibility index (Phi) is 6.28. The van der Waals surface area contributed by atoms with Crippen LogP contribution in [-0.2, 0) is 11.2 Å². The molecule has 0 unspecified atom stereocenters. The van der Waals surface area contributed by atoms with Crippen molar-refractivity contribution in [3.05, 3.63) is 99.5 Å². The number of hydrogen-bond acceptors (Lipinski definition) is 2. The number of nitrogens with one attached hydrogen (secondary N) is 1. The van der Waals surface area contributed by atoms with Gasteiger partial charge in [-0.3, -0.25) is 9.59 Å². The highest BCUT2D eigenvalue weighted by Crippen LogP contribution is 2.24. The van der Waals surface area contributed by atoms with E-state index in [4.69, 9.17) is 23.2 Å². The number of anilines is 1. The second kappa shape index (κ2) is 8.85. The first kappa shape index (κ1) is 19.2. The molecule has 3 aromatic carbocycles. The smallest absolute Gasteiger partial charge is 0.224 e. The van der Waals surface area contributed by atoms with E-state index >= 15 is 0 Å². The highest BCUT2D eigenvalue weighted by Gasteiger charge is 2.16. The molecular formula is C22H17Cl2NO2. The number of hydrogen-bond donors (Lipinski definition) is 1. The van der Waals surface area contributed by atoms with Crippen molar-refractivity contribution in [2.24, 2.45) is 0 Å². The molecule has 3 aromatic rings. The van der Waals surface area contributed by atoms with Crippen LogP contribution in [0, 0.1) is 0 Å². The van der Waals surface area contributed by atoms with Crippen molar-refractivity contribution in [3.8, 4) is 0 Å². The maximum atomic E-state index is 12.8. The predicted octanol–water partition coefficient (Wildman–Crippen LogP) is 5.80. The Morgan fingerprint density at radius 3 is 2.19 bits per heavy atom. The van der Waals surface area contributed by atoms with Crippen molar-refractivity contribution in [3.63, 3.8) is 0 Å². The minimum Gasteiger partial charge on any atom is -0.325 e. The standard InChI is InChI=1S/C22H17Cl2NO2/c23-17-9-6-15(7-10-17)8-13-21(26)25-20-12-11-18(24)14-19(20)22(27)16-4-2-1-3-5-16/h1-7,9-12,14H,8,13H2,(H,25,26). The third-order valence-corrected chi connectivity index (χ3v) is 4.58. The minimum absolute atomic E-state index is 0.172. The summed E-state index contributed by atoms with van der Waals surface area (Å²) >= 11 is 11.9. The van der Waals surface area contributed by atoms with Gasteiger partial charge in [0.2, 0.25) is 5.91 Å². The summed E-state index contributed by atoms with van der Waals surface area (Å²) in [6, 6.07) is 21.1. The maximum Gasteiger partial charge on any atom is 0.224 e. The number of rotatable bonds is 6. The zero-order valence-electron chi connectivity index (χ0n) is 14.4. The summed E-state index contributed by atoms with van der Waals surface area (Å²) in [6.45, 7) is 0. The molecule has 136 valence electrons. The second-order valence-electron chi connectivity index (χ2n) is 6.06. The van der Waals surface area contributed by atoms with Gasteiger partial charge in [0.15, 0.2) is 5.78 Å². The number of halogens is 2. The van der Waals surface area contributed by atoms with E-state index in [0.717, 1.165) is 5.56 Å². The molecule has 0 radical (unpaired) electrons. The van der Waals surface area contributed by atoms with E-state index in [-0.39, 0.29) is 11.7 Å². The maximum absolute atomic E-state index is 12.8. The largest absolute Gasteiger partial charge is 0.325 e. The normalized spacial score (nSPS) is 10.4. The molecule has 0 saturated heterocycles. The molecular weight excluding hydrogens is 381 g/mol. The molecule has 0 aliphatic carbocycles. The molecule has 27 heavy (non-hydrogen) atoms. The van der Waals surface area contributed by atoms with Crippen molar-refractivity contribution in [2.75, 3.05) is 5.32 Å². The van der Waals surface area contributed by atoms with Crippen LogP contribution in [0.2, 0.25) is 10.0 Å². The fourth-order valence-corrected chi connectivity index (χ4v) is 2.98. The summed E-state index contributed by atoms with van der Waals surface area (Å²) in [7, 11) is 0. The van der Waals surface area contributed by atoms with Crippen molar-refractivity contribution < 1.29 is 9.59 Å². The van der Waals surface area contributed by atoms with Crippen molar-refractivity contribution in [1.29, 1.82) is 0 Å². The lowest BCUT2D eigenvalue weighted by molar-refractivity contribution is -0.116. The number of carbonyl (C=O) groups excluding carboxylic acids is 2. The Morgan fingerprint density at radius 1 is 0.815 bits per heavy atom. The summed E-state index contributed by atoms with van der Waals surface area (Å²) in [5.74, 6) is -0.361. The van der Waals surface area contributed by atoms with E-state index < -0.39 is 0 Å². The Hall–Kier alpha value is -2.62. The summed E-state index contributed by atoms with van der Waals surface area (Å²) < 4.78 is 0. The van der Waals surface area contributed by atoms with Crippen LogP contribution >= 0.6 is 23.2 Å². The fourth-order valence-electron chi connectivity index (χ4n) is 2.68. The molecule has 3 rings (SSSR count). The van der Waals surface area contributed by atoms with Crippen LogP contribution in [0.25, 0.3) is 0 Å². The van der Waals surface area contributed by atoms with Crippen LogP contribution in [0.5, 0.6) is 0 Å². The van der Waals surface area contributed by atoms with Gasteiger partial charge >= 0.3 is 0 Å². The van der Waals surface area contributed by atoms with Gasteiger partial charge in [0, 0.05) is 27.6 Å². The molecule has 0 spiro atoms. The van der Waals surface area contributed by atoms with Gasteiger partial charge in [0.1, 0.15) is 0 Å². The molecule has 1 N–H and O–H groups in total. The number of ketones is 1. The van der Waals surface area contributed by atoms with Gasteiger partial charge in [-0.05, 0) is 42.3 Å². The fraction of sp³-hybridized carbons (Fsp3) is 0.0909. The number of carbonyl (C=O) groups is 2. The zero-order chi connectivity index (χ0) is 19.2. The lowest BCUT2D eigenvalue weighted by Gasteiger charge is -2.11. The van der Waals surface area contributed by atoms with Crippen LogP contribution in [0.3, 0.4) is 0 Å². The third kappa shape index (κ3) is 5.19. The lowest BCUT2D eigenvalue weighted by atomic mass is 10.0. The Balaban J connectivity index is 1.73. The van der Waals surface area contributed by atoms with Crippen LogP contribution in [0.1, 0.15) is 27.9 Å². The van der Waals surface area contributed by atoms with Crippen LogP contribution < -0.4 is 5.32 Å². The number of aryl methyl sites for hydroxylation is 1. The van der Waals surface area contributed by atoms with E-state index in [2.05, 4.69) is 5.32 Å². The summed E-state index contributed by atoms with van der Waals surface area (Å²) in [6.07, 6.45) is 0.877. The van der Waals surface area contributed by atoms with Gasteiger partial charge in [-0.25, -0.2) is 0 Å². The van der Waals surface area contributed by atoms with Crippen LogP contribution in [0.15, 0.2) is 72.8 Å². The molecule has 0 heterocycles. The van der Waals surface area contributed by atoms with E-state index in [1.807, 2.05) is 18.2 Å². The summed E-state index contributed by atoms with van der Waals surface area (Å²) in [5.41, 5.74) is 2.38. The molecule has 1 amide bonds. The van der Waals surface area contributed by atoms with Crippen molar-refractivity contribution >= 4 is 40.6 Å². The Morgan fingerprint density at radius 2 is 1.48 bits per heavy atom. The Bertz CT molecular complexity index is 954. The molecule has 0 aromatic heterocycles. The van der Waals surface area contributed by atoms with Crippen molar-refractivity contribution in [1.82, 2.24) is 0 Å². The molecule has 0 fully saturated rings. The first-order valence-corrected chi connectivity index (χ1v) is 9.22. The Labute approximate surface area is 167 Å². The monoisotopic (exact) mass is 397 g/mol. The van der Waals surface area contributed by atoms with Gasteiger partial charge in [-0.1, -0.05) is 65.7 Å². The third-order valence-electron chi connectivity index (χ3n) is 4.09. The van der Waals surface area contributed by atoms with E-state index in [0.29, 0.717) is 39.7 Å². The lowest BCUT2D eigenvalue weighted by Crippen LogP contribution is -2.15. The topological polar surface area (TPSA) is 46.2 Å².